The summed E-state index contributed by atoms with van der Waals surface area (Å²) in [6, 6.07) is 15.4. The SMILES string of the molecule is CNCCCC(=O)NCc1cccc(C(=O)NCc2ccc(C)cc2)c1.Cl. The molecule has 2 aromatic rings. The second-order valence-electron chi connectivity index (χ2n) is 6.35. The molecule has 0 saturated heterocycles. The Kier molecular flexibility index (Phi) is 10.2. The van der Waals surface area contributed by atoms with E-state index in [4.69, 9.17) is 0 Å². The molecule has 0 radical (unpaired) electrons. The number of rotatable bonds is 9. The summed E-state index contributed by atoms with van der Waals surface area (Å²) < 4.78 is 0. The summed E-state index contributed by atoms with van der Waals surface area (Å²) in [5, 5.41) is 8.84. The van der Waals surface area contributed by atoms with Gasteiger partial charge in [0.15, 0.2) is 0 Å². The van der Waals surface area contributed by atoms with E-state index in [0.717, 1.165) is 24.1 Å². The van der Waals surface area contributed by atoms with Crippen molar-refractivity contribution in [3.05, 3.63) is 70.8 Å². The number of aryl methyl sites for hydroxylation is 1. The van der Waals surface area contributed by atoms with Gasteiger partial charge in [0.2, 0.25) is 5.91 Å². The van der Waals surface area contributed by atoms with Gasteiger partial charge in [-0.3, -0.25) is 9.59 Å². The fourth-order valence-corrected chi connectivity index (χ4v) is 2.53. The van der Waals surface area contributed by atoms with Crippen molar-refractivity contribution in [3.63, 3.8) is 0 Å². The monoisotopic (exact) mass is 389 g/mol. The van der Waals surface area contributed by atoms with Gasteiger partial charge in [0.25, 0.3) is 5.91 Å². The Balaban J connectivity index is 0.00000364. The van der Waals surface area contributed by atoms with Crippen molar-refractivity contribution in [1.82, 2.24) is 16.0 Å². The molecular formula is C21H28ClN3O2. The molecule has 0 saturated carbocycles. The van der Waals surface area contributed by atoms with Gasteiger partial charge in [-0.2, -0.15) is 0 Å². The third-order valence-corrected chi connectivity index (χ3v) is 4.08. The normalized spacial score (nSPS) is 10.0. The summed E-state index contributed by atoms with van der Waals surface area (Å²) >= 11 is 0. The molecule has 2 aromatic carbocycles. The minimum Gasteiger partial charge on any atom is -0.352 e. The maximum absolute atomic E-state index is 12.3. The van der Waals surface area contributed by atoms with Crippen LogP contribution in [0.1, 0.15) is 39.9 Å². The van der Waals surface area contributed by atoms with Gasteiger partial charge in [-0.05, 0) is 50.2 Å². The first-order chi connectivity index (χ1) is 12.6. The van der Waals surface area contributed by atoms with Crippen LogP contribution < -0.4 is 16.0 Å². The van der Waals surface area contributed by atoms with Crippen LogP contribution in [0.15, 0.2) is 48.5 Å². The first kappa shape index (κ1) is 22.7. The van der Waals surface area contributed by atoms with Gasteiger partial charge in [0.05, 0.1) is 0 Å². The molecule has 0 spiro atoms. The van der Waals surface area contributed by atoms with Crippen molar-refractivity contribution in [2.24, 2.45) is 0 Å². The fraction of sp³-hybridized carbons (Fsp3) is 0.333. The molecule has 0 aliphatic rings. The van der Waals surface area contributed by atoms with E-state index in [0.29, 0.717) is 25.1 Å². The third kappa shape index (κ3) is 8.24. The highest BCUT2D eigenvalue weighted by molar-refractivity contribution is 5.94. The molecule has 27 heavy (non-hydrogen) atoms. The molecule has 3 N–H and O–H groups in total. The maximum atomic E-state index is 12.3. The van der Waals surface area contributed by atoms with E-state index in [9.17, 15) is 9.59 Å². The maximum Gasteiger partial charge on any atom is 0.251 e. The number of amides is 2. The number of carbonyl (C=O) groups excluding carboxylic acids is 2. The summed E-state index contributed by atoms with van der Waals surface area (Å²) in [7, 11) is 1.87. The van der Waals surface area contributed by atoms with Gasteiger partial charge in [-0.25, -0.2) is 0 Å². The molecule has 0 bridgehead atoms. The topological polar surface area (TPSA) is 70.2 Å². The summed E-state index contributed by atoms with van der Waals surface area (Å²) in [4.78, 5) is 24.1. The Morgan fingerprint density at radius 3 is 2.33 bits per heavy atom. The average molecular weight is 390 g/mol. The number of halogens is 1. The number of hydrogen-bond donors (Lipinski definition) is 3. The molecule has 0 aromatic heterocycles. The van der Waals surface area contributed by atoms with Gasteiger partial charge in [0.1, 0.15) is 0 Å². The smallest absolute Gasteiger partial charge is 0.251 e. The Morgan fingerprint density at radius 1 is 0.926 bits per heavy atom. The Morgan fingerprint density at radius 2 is 1.63 bits per heavy atom. The highest BCUT2D eigenvalue weighted by Crippen LogP contribution is 2.07. The summed E-state index contributed by atoms with van der Waals surface area (Å²) in [5.41, 5.74) is 3.77. The molecule has 2 amide bonds. The molecule has 2 rings (SSSR count). The number of nitrogens with one attached hydrogen (secondary N) is 3. The molecule has 0 fully saturated rings. The van der Waals surface area contributed by atoms with Crippen molar-refractivity contribution in [2.75, 3.05) is 13.6 Å². The molecule has 0 unspecified atom stereocenters. The lowest BCUT2D eigenvalue weighted by Gasteiger charge is -2.09. The van der Waals surface area contributed by atoms with Crippen molar-refractivity contribution >= 4 is 24.2 Å². The van der Waals surface area contributed by atoms with Crippen LogP contribution in [0.5, 0.6) is 0 Å². The van der Waals surface area contributed by atoms with E-state index in [-0.39, 0.29) is 24.2 Å². The molecule has 6 heteroatoms. The highest BCUT2D eigenvalue weighted by Gasteiger charge is 2.07. The summed E-state index contributed by atoms with van der Waals surface area (Å²) in [6.45, 7) is 3.78. The Labute approximate surface area is 167 Å². The van der Waals surface area contributed by atoms with Crippen molar-refractivity contribution in [1.29, 1.82) is 0 Å². The first-order valence-corrected chi connectivity index (χ1v) is 8.92. The van der Waals surface area contributed by atoms with Crippen molar-refractivity contribution in [2.45, 2.75) is 32.9 Å². The zero-order chi connectivity index (χ0) is 18.8. The lowest BCUT2D eigenvalue weighted by Crippen LogP contribution is -2.25. The van der Waals surface area contributed by atoms with Crippen LogP contribution in [0.25, 0.3) is 0 Å². The van der Waals surface area contributed by atoms with E-state index in [1.807, 2.05) is 56.4 Å². The summed E-state index contributed by atoms with van der Waals surface area (Å²) in [5.74, 6) is -0.0951. The number of hydrogen-bond acceptors (Lipinski definition) is 3. The van der Waals surface area contributed by atoms with Gasteiger partial charge in [-0.15, -0.1) is 12.4 Å². The zero-order valence-electron chi connectivity index (χ0n) is 15.9. The molecular weight excluding hydrogens is 362 g/mol. The number of carbonyl (C=O) groups is 2. The van der Waals surface area contributed by atoms with E-state index in [1.54, 1.807) is 6.07 Å². The standard InChI is InChI=1S/C21H27N3O2.ClH/c1-16-8-10-17(11-9-16)14-24-21(26)19-6-3-5-18(13-19)15-23-20(25)7-4-12-22-2;/h3,5-6,8-11,13,22H,4,7,12,14-15H2,1-2H3,(H,23,25)(H,24,26);1H. The van der Waals surface area contributed by atoms with Gasteiger partial charge in [0, 0.05) is 25.1 Å². The minimum absolute atomic E-state index is 0. The van der Waals surface area contributed by atoms with E-state index in [2.05, 4.69) is 16.0 Å². The predicted molar refractivity (Wildman–Crippen MR) is 111 cm³/mol. The highest BCUT2D eigenvalue weighted by atomic mass is 35.5. The number of benzene rings is 2. The van der Waals surface area contributed by atoms with E-state index < -0.39 is 0 Å². The largest absolute Gasteiger partial charge is 0.352 e. The Hall–Kier alpha value is -2.37. The zero-order valence-corrected chi connectivity index (χ0v) is 16.7. The lowest BCUT2D eigenvalue weighted by molar-refractivity contribution is -0.121. The van der Waals surface area contributed by atoms with Crippen LogP contribution in [-0.4, -0.2) is 25.4 Å². The van der Waals surface area contributed by atoms with Crippen LogP contribution in [-0.2, 0) is 17.9 Å². The molecule has 5 nitrogen and oxygen atoms in total. The fourth-order valence-electron chi connectivity index (χ4n) is 2.53. The quantitative estimate of drug-likeness (QED) is 0.577. The second kappa shape index (κ2) is 12.1. The average Bonchev–Trinajstić information content (AvgIpc) is 2.66. The minimum atomic E-state index is -0.118. The van der Waals surface area contributed by atoms with E-state index >= 15 is 0 Å². The third-order valence-electron chi connectivity index (χ3n) is 4.08. The predicted octanol–water partition coefficient (Wildman–Crippen LogP) is 2.96. The lowest BCUT2D eigenvalue weighted by atomic mass is 10.1. The molecule has 146 valence electrons. The van der Waals surface area contributed by atoms with Crippen LogP contribution in [0.3, 0.4) is 0 Å². The van der Waals surface area contributed by atoms with Gasteiger partial charge in [-0.1, -0.05) is 42.0 Å². The van der Waals surface area contributed by atoms with E-state index in [1.165, 1.54) is 5.56 Å². The van der Waals surface area contributed by atoms with Crippen LogP contribution in [0.4, 0.5) is 0 Å². The molecule has 0 atom stereocenters. The van der Waals surface area contributed by atoms with Gasteiger partial charge < -0.3 is 16.0 Å². The van der Waals surface area contributed by atoms with Crippen LogP contribution in [0.2, 0.25) is 0 Å². The van der Waals surface area contributed by atoms with Crippen molar-refractivity contribution < 1.29 is 9.59 Å². The van der Waals surface area contributed by atoms with Gasteiger partial charge >= 0.3 is 0 Å². The second-order valence-corrected chi connectivity index (χ2v) is 6.35. The Bertz CT molecular complexity index is 732. The van der Waals surface area contributed by atoms with Crippen LogP contribution >= 0.6 is 12.4 Å². The first-order valence-electron chi connectivity index (χ1n) is 8.92. The summed E-state index contributed by atoms with van der Waals surface area (Å²) in [6.07, 6.45) is 1.31. The molecule has 0 aliphatic carbocycles. The molecule has 0 heterocycles. The molecule has 0 aliphatic heterocycles. The van der Waals surface area contributed by atoms with Crippen molar-refractivity contribution in [3.8, 4) is 0 Å². The van der Waals surface area contributed by atoms with Crippen LogP contribution in [0, 0.1) is 6.92 Å².